The van der Waals surface area contributed by atoms with E-state index >= 15 is 0 Å². The molecule has 1 heterocycles. The fraction of sp³-hybridized carbons (Fsp3) is 0.667. The number of carbonyl (C=O) groups is 2. The minimum absolute atomic E-state index is 0.0686. The second kappa shape index (κ2) is 8.39. The largest absolute Gasteiger partial charge is 0.445 e. The van der Waals surface area contributed by atoms with Gasteiger partial charge in [0.05, 0.1) is 6.26 Å². The van der Waals surface area contributed by atoms with Crippen molar-refractivity contribution in [3.8, 4) is 0 Å². The first-order valence-corrected chi connectivity index (χ1v) is 9.10. The van der Waals surface area contributed by atoms with Gasteiger partial charge >= 0.3 is 6.09 Å². The highest BCUT2D eigenvalue weighted by Crippen LogP contribution is 2.22. The quantitative estimate of drug-likeness (QED) is 0.321. The highest BCUT2D eigenvalue weighted by Gasteiger charge is 2.38. The molecule has 0 radical (unpaired) electrons. The third-order valence-electron chi connectivity index (χ3n) is 2.93. The smallest absolute Gasteiger partial charge is 0.410 e. The maximum atomic E-state index is 12.1. The predicted molar refractivity (Wildman–Crippen MR) is 85.3 cm³/mol. The molecule has 22 heavy (non-hydrogen) atoms. The van der Waals surface area contributed by atoms with Crippen molar-refractivity contribution in [1.29, 1.82) is 0 Å². The molecule has 8 nitrogen and oxygen atoms in total. The van der Waals surface area contributed by atoms with Crippen molar-refractivity contribution < 1.29 is 22.7 Å². The minimum atomic E-state index is -3.29. The van der Waals surface area contributed by atoms with Gasteiger partial charge in [0.15, 0.2) is 0 Å². The van der Waals surface area contributed by atoms with Crippen LogP contribution < -0.4 is 10.0 Å². The standard InChI is InChI=1S/C12H21N3O5S2/c1-3-6-20-12(17)15-8-9(21)7-10(15)11(16)13-4-5-14-22(2,18)19/h3,9-10,14,21H,1,4-8H2,2H3,(H,13,16)/t9-,10-/m0/s1. The number of carbonyl (C=O) groups excluding carboxylic acids is 2. The lowest BCUT2D eigenvalue weighted by molar-refractivity contribution is -0.125. The van der Waals surface area contributed by atoms with Gasteiger partial charge < -0.3 is 10.1 Å². The van der Waals surface area contributed by atoms with Crippen LogP contribution in [0.3, 0.4) is 0 Å². The molecule has 2 amide bonds. The molecule has 10 heteroatoms. The maximum Gasteiger partial charge on any atom is 0.410 e. The summed E-state index contributed by atoms with van der Waals surface area (Å²) in [6, 6.07) is -0.668. The maximum absolute atomic E-state index is 12.1. The lowest BCUT2D eigenvalue weighted by Crippen LogP contribution is -2.47. The van der Waals surface area contributed by atoms with Gasteiger partial charge in [0.25, 0.3) is 0 Å². The van der Waals surface area contributed by atoms with Crippen LogP contribution in [0.5, 0.6) is 0 Å². The number of thiol groups is 1. The molecule has 0 saturated carbocycles. The van der Waals surface area contributed by atoms with Gasteiger partial charge in [-0.3, -0.25) is 9.69 Å². The van der Waals surface area contributed by atoms with E-state index in [2.05, 4.69) is 29.2 Å². The number of likely N-dealkylation sites (tertiary alicyclic amines) is 1. The number of amides is 2. The predicted octanol–water partition coefficient (Wildman–Crippen LogP) is -0.653. The van der Waals surface area contributed by atoms with Crippen LogP contribution >= 0.6 is 12.6 Å². The van der Waals surface area contributed by atoms with Crippen molar-refractivity contribution in [3.63, 3.8) is 0 Å². The van der Waals surface area contributed by atoms with E-state index in [0.29, 0.717) is 13.0 Å². The molecule has 1 fully saturated rings. The molecule has 0 aliphatic carbocycles. The van der Waals surface area contributed by atoms with Gasteiger partial charge in [0.1, 0.15) is 12.6 Å². The van der Waals surface area contributed by atoms with Crippen LogP contribution in [-0.4, -0.2) is 69.1 Å². The molecule has 1 saturated heterocycles. The summed E-state index contributed by atoms with van der Waals surface area (Å²) < 4.78 is 29.0. The van der Waals surface area contributed by atoms with E-state index in [9.17, 15) is 18.0 Å². The van der Waals surface area contributed by atoms with Crippen molar-refractivity contribution in [3.05, 3.63) is 12.7 Å². The number of ether oxygens (including phenoxy) is 1. The van der Waals surface area contributed by atoms with Gasteiger partial charge in [-0.1, -0.05) is 12.7 Å². The summed E-state index contributed by atoms with van der Waals surface area (Å²) >= 11 is 4.30. The van der Waals surface area contributed by atoms with Crippen LogP contribution in [0.4, 0.5) is 4.79 Å². The van der Waals surface area contributed by atoms with Crippen molar-refractivity contribution in [1.82, 2.24) is 14.9 Å². The zero-order chi connectivity index (χ0) is 16.8. The van der Waals surface area contributed by atoms with E-state index in [1.165, 1.54) is 11.0 Å². The molecule has 126 valence electrons. The van der Waals surface area contributed by atoms with Gasteiger partial charge in [0.2, 0.25) is 15.9 Å². The van der Waals surface area contributed by atoms with Gasteiger partial charge in [0, 0.05) is 24.9 Å². The minimum Gasteiger partial charge on any atom is -0.445 e. The highest BCUT2D eigenvalue weighted by molar-refractivity contribution is 7.88. The molecule has 2 N–H and O–H groups in total. The van der Waals surface area contributed by atoms with Crippen molar-refractivity contribution >= 4 is 34.7 Å². The lowest BCUT2D eigenvalue weighted by atomic mass is 10.2. The van der Waals surface area contributed by atoms with E-state index in [1.54, 1.807) is 0 Å². The summed E-state index contributed by atoms with van der Waals surface area (Å²) in [5.41, 5.74) is 0. The molecule has 1 rings (SSSR count). The first kappa shape index (κ1) is 18.8. The summed E-state index contributed by atoms with van der Waals surface area (Å²) in [5.74, 6) is -0.359. The average molecular weight is 351 g/mol. The Kier molecular flexibility index (Phi) is 7.17. The Labute approximate surface area is 135 Å². The molecular formula is C12H21N3O5S2. The third kappa shape index (κ3) is 6.24. The first-order chi connectivity index (χ1) is 10.2. The SMILES string of the molecule is C=CCOC(=O)N1C[C@@H](S)C[C@H]1C(=O)NCCNS(C)(=O)=O. The summed E-state index contributed by atoms with van der Waals surface area (Å²) in [4.78, 5) is 25.3. The lowest BCUT2D eigenvalue weighted by Gasteiger charge is -2.22. The Morgan fingerprint density at radius 2 is 2.14 bits per heavy atom. The molecule has 0 aromatic carbocycles. The van der Waals surface area contributed by atoms with Crippen molar-refractivity contribution in [2.24, 2.45) is 0 Å². The van der Waals surface area contributed by atoms with Gasteiger partial charge in [-0.05, 0) is 6.42 Å². The second-order valence-electron chi connectivity index (χ2n) is 4.88. The molecular weight excluding hydrogens is 330 g/mol. The van der Waals surface area contributed by atoms with E-state index in [0.717, 1.165) is 6.26 Å². The Hall–Kier alpha value is -1.26. The Morgan fingerprint density at radius 3 is 2.73 bits per heavy atom. The topological polar surface area (TPSA) is 105 Å². The van der Waals surface area contributed by atoms with Crippen LogP contribution in [0.1, 0.15) is 6.42 Å². The zero-order valence-electron chi connectivity index (χ0n) is 12.3. The summed E-state index contributed by atoms with van der Waals surface area (Å²) in [5, 5.41) is 2.48. The third-order valence-corrected chi connectivity index (χ3v) is 4.03. The van der Waals surface area contributed by atoms with Crippen LogP contribution in [-0.2, 0) is 19.6 Å². The molecule has 1 aliphatic rings. The Balaban J connectivity index is 2.50. The number of rotatable bonds is 7. The van der Waals surface area contributed by atoms with E-state index in [4.69, 9.17) is 4.74 Å². The normalized spacial score (nSPS) is 21.5. The summed E-state index contributed by atoms with van der Waals surface area (Å²) in [6.07, 6.45) is 2.30. The van der Waals surface area contributed by atoms with Gasteiger partial charge in [-0.25, -0.2) is 17.9 Å². The number of hydrogen-bond donors (Lipinski definition) is 3. The number of nitrogens with one attached hydrogen (secondary N) is 2. The second-order valence-corrected chi connectivity index (χ2v) is 7.44. The number of hydrogen-bond acceptors (Lipinski definition) is 6. The van der Waals surface area contributed by atoms with Crippen molar-refractivity contribution in [2.45, 2.75) is 17.7 Å². The summed E-state index contributed by atoms with van der Waals surface area (Å²) in [6.45, 7) is 4.06. The van der Waals surface area contributed by atoms with Crippen LogP contribution in [0.15, 0.2) is 12.7 Å². The molecule has 0 spiro atoms. The number of sulfonamides is 1. The van der Waals surface area contributed by atoms with E-state index in [-0.39, 0.29) is 30.9 Å². The average Bonchev–Trinajstić information content (AvgIpc) is 2.82. The van der Waals surface area contributed by atoms with Gasteiger partial charge in [-0.2, -0.15) is 12.6 Å². The number of nitrogens with zero attached hydrogens (tertiary/aromatic N) is 1. The zero-order valence-corrected chi connectivity index (χ0v) is 14.0. The molecule has 0 aromatic heterocycles. The first-order valence-electron chi connectivity index (χ1n) is 6.69. The fourth-order valence-electron chi connectivity index (χ4n) is 2.02. The Morgan fingerprint density at radius 1 is 1.45 bits per heavy atom. The van der Waals surface area contributed by atoms with Crippen molar-refractivity contribution in [2.75, 3.05) is 32.5 Å². The molecule has 0 unspecified atom stereocenters. The van der Waals surface area contributed by atoms with Crippen LogP contribution in [0.25, 0.3) is 0 Å². The monoisotopic (exact) mass is 351 g/mol. The molecule has 1 aliphatic heterocycles. The van der Waals surface area contributed by atoms with Gasteiger partial charge in [-0.15, -0.1) is 0 Å². The molecule has 0 aromatic rings. The van der Waals surface area contributed by atoms with Crippen LogP contribution in [0, 0.1) is 0 Å². The van der Waals surface area contributed by atoms with Crippen LogP contribution in [0.2, 0.25) is 0 Å². The molecule has 2 atom stereocenters. The van der Waals surface area contributed by atoms with E-state index < -0.39 is 22.2 Å². The fourth-order valence-corrected chi connectivity index (χ4v) is 2.87. The van der Waals surface area contributed by atoms with E-state index in [1.807, 2.05) is 0 Å². The molecule has 0 bridgehead atoms. The Bertz CT molecular complexity index is 523. The summed E-state index contributed by atoms with van der Waals surface area (Å²) in [7, 11) is -3.29. The highest BCUT2D eigenvalue weighted by atomic mass is 32.2.